The molecule has 3 aromatic carbocycles. The molecule has 0 saturated heterocycles. The van der Waals surface area contributed by atoms with E-state index in [-0.39, 0.29) is 0 Å². The maximum absolute atomic E-state index is 6.55. The lowest BCUT2D eigenvalue weighted by Gasteiger charge is -2.17. The number of para-hydroxylation sites is 1. The number of hydrogen-bond acceptors (Lipinski definition) is 3. The van der Waals surface area contributed by atoms with Crippen LogP contribution in [0.3, 0.4) is 0 Å². The molecule has 0 bridgehead atoms. The Morgan fingerprint density at radius 2 is 1.46 bits per heavy atom. The second-order valence-corrected chi connectivity index (χ2v) is 11.3. The highest BCUT2D eigenvalue weighted by Crippen LogP contribution is 2.38. The standard InChI is InChI=1S/C44H46N4/c1-7-33(26-27-45)16-14-15-19-42(47)39-24-25-41(35(9-3)28-39)44-32(6)31(5)43(48(44)40-17-12-11-13-18-40)29-34(8-2)37-20-22-38(23-21-37)36(10-4)30-46/h7-15,17-30H,2-4,16,45-47H2,1,5-6H3/b15-14-,27-26-,33-7-,34-29+,36-30+,42-19-. The molecule has 4 heteroatoms. The van der Waals surface area contributed by atoms with E-state index in [0.717, 1.165) is 68.0 Å². The third-order valence-electron chi connectivity index (χ3n) is 8.55. The lowest BCUT2D eigenvalue weighted by Crippen LogP contribution is -2.02. The lowest BCUT2D eigenvalue weighted by molar-refractivity contribution is 1.06. The average molecular weight is 631 g/mol. The molecule has 0 aliphatic rings. The Balaban J connectivity index is 1.84. The van der Waals surface area contributed by atoms with Crippen LogP contribution in [0.2, 0.25) is 0 Å². The SMILES string of the molecule is C=C/C(=C\N)c1ccc(/C(C=C)=C/c2c(C)c(C)c(-c3ccc(/C(N)=C/C=C\CC(/C=C\N)=C/C)cc3C=C)n2-c2ccccc2)cc1. The van der Waals surface area contributed by atoms with Crippen molar-refractivity contribution in [2.75, 3.05) is 0 Å². The fourth-order valence-corrected chi connectivity index (χ4v) is 5.72. The molecule has 48 heavy (non-hydrogen) atoms. The number of allylic oxidation sites excluding steroid dienone is 10. The third kappa shape index (κ3) is 7.68. The molecule has 4 rings (SSSR count). The molecule has 0 aliphatic carbocycles. The zero-order chi connectivity index (χ0) is 34.6. The Labute approximate surface area is 286 Å². The second-order valence-electron chi connectivity index (χ2n) is 11.3. The van der Waals surface area contributed by atoms with E-state index in [1.54, 1.807) is 18.5 Å². The van der Waals surface area contributed by atoms with Crippen LogP contribution in [0.5, 0.6) is 0 Å². The smallest absolute Gasteiger partial charge is 0.0572 e. The largest absolute Gasteiger partial charge is 0.405 e. The summed E-state index contributed by atoms with van der Waals surface area (Å²) in [5.41, 5.74) is 32.3. The van der Waals surface area contributed by atoms with Crippen molar-refractivity contribution in [3.63, 3.8) is 0 Å². The van der Waals surface area contributed by atoms with E-state index >= 15 is 0 Å². The fraction of sp³-hybridized carbons (Fsp3) is 0.0909. The van der Waals surface area contributed by atoms with Crippen molar-refractivity contribution in [1.29, 1.82) is 0 Å². The highest BCUT2D eigenvalue weighted by Gasteiger charge is 2.21. The van der Waals surface area contributed by atoms with Crippen molar-refractivity contribution in [3.05, 3.63) is 192 Å². The number of rotatable bonds is 13. The minimum atomic E-state index is 0.677. The third-order valence-corrected chi connectivity index (χ3v) is 8.55. The molecule has 1 heterocycles. The Morgan fingerprint density at radius 3 is 2.04 bits per heavy atom. The molecule has 0 fully saturated rings. The summed E-state index contributed by atoms with van der Waals surface area (Å²) in [4.78, 5) is 0. The predicted molar refractivity (Wildman–Crippen MR) is 211 cm³/mol. The number of nitrogens with two attached hydrogens (primary N) is 3. The van der Waals surface area contributed by atoms with Gasteiger partial charge in [-0.05, 0) is 120 Å². The van der Waals surface area contributed by atoms with Crippen molar-refractivity contribution in [1.82, 2.24) is 4.57 Å². The molecular weight excluding hydrogens is 585 g/mol. The normalized spacial score (nSPS) is 13.0. The Hall–Kier alpha value is -6.00. The van der Waals surface area contributed by atoms with Gasteiger partial charge in [0.05, 0.1) is 11.4 Å². The van der Waals surface area contributed by atoms with Crippen LogP contribution in [-0.2, 0) is 0 Å². The van der Waals surface area contributed by atoms with Crippen LogP contribution in [-0.4, -0.2) is 4.57 Å². The number of nitrogens with zero attached hydrogens (tertiary/aromatic N) is 1. The van der Waals surface area contributed by atoms with E-state index < -0.39 is 0 Å². The first-order valence-corrected chi connectivity index (χ1v) is 16.0. The molecule has 1 aromatic heterocycles. The Bertz CT molecular complexity index is 1970. The lowest BCUT2D eigenvalue weighted by atomic mass is 9.97. The van der Waals surface area contributed by atoms with Crippen LogP contribution in [0.15, 0.2) is 153 Å². The van der Waals surface area contributed by atoms with Crippen LogP contribution >= 0.6 is 0 Å². The molecule has 0 radical (unpaired) electrons. The predicted octanol–water partition coefficient (Wildman–Crippen LogP) is 10.3. The zero-order valence-electron chi connectivity index (χ0n) is 28.3. The highest BCUT2D eigenvalue weighted by atomic mass is 15.0. The van der Waals surface area contributed by atoms with Gasteiger partial charge in [-0.3, -0.25) is 0 Å². The van der Waals surface area contributed by atoms with Gasteiger partial charge in [0.25, 0.3) is 0 Å². The fourth-order valence-electron chi connectivity index (χ4n) is 5.72. The first-order chi connectivity index (χ1) is 23.3. The minimum absolute atomic E-state index is 0.677. The molecule has 0 spiro atoms. The van der Waals surface area contributed by atoms with Gasteiger partial charge >= 0.3 is 0 Å². The van der Waals surface area contributed by atoms with Crippen molar-refractivity contribution in [2.45, 2.75) is 27.2 Å². The molecule has 0 aliphatic heterocycles. The topological polar surface area (TPSA) is 83.0 Å². The van der Waals surface area contributed by atoms with Crippen LogP contribution in [0.25, 0.3) is 45.9 Å². The molecule has 4 aromatic rings. The van der Waals surface area contributed by atoms with Crippen LogP contribution in [0.4, 0.5) is 0 Å². The van der Waals surface area contributed by atoms with Gasteiger partial charge in [0, 0.05) is 23.1 Å². The second kappa shape index (κ2) is 16.5. The summed E-state index contributed by atoms with van der Waals surface area (Å²) in [6.45, 7) is 18.6. The van der Waals surface area contributed by atoms with Crippen molar-refractivity contribution >= 4 is 29.0 Å². The van der Waals surface area contributed by atoms with Gasteiger partial charge in [-0.25, -0.2) is 0 Å². The van der Waals surface area contributed by atoms with Gasteiger partial charge in [-0.2, -0.15) is 0 Å². The van der Waals surface area contributed by atoms with Gasteiger partial charge in [-0.1, -0.05) is 111 Å². The van der Waals surface area contributed by atoms with Crippen LogP contribution < -0.4 is 17.2 Å². The number of benzene rings is 3. The maximum atomic E-state index is 6.55. The summed E-state index contributed by atoms with van der Waals surface area (Å²) in [7, 11) is 0. The molecular formula is C44H46N4. The average Bonchev–Trinajstić information content (AvgIpc) is 3.37. The van der Waals surface area contributed by atoms with Gasteiger partial charge in [0.15, 0.2) is 0 Å². The quantitative estimate of drug-likeness (QED) is 0.129. The van der Waals surface area contributed by atoms with Gasteiger partial charge < -0.3 is 21.8 Å². The molecule has 242 valence electrons. The summed E-state index contributed by atoms with van der Waals surface area (Å²) in [5, 5.41) is 0. The highest BCUT2D eigenvalue weighted by molar-refractivity contribution is 5.90. The van der Waals surface area contributed by atoms with E-state index in [2.05, 4.69) is 117 Å². The van der Waals surface area contributed by atoms with Crippen LogP contribution in [0, 0.1) is 13.8 Å². The first-order valence-electron chi connectivity index (χ1n) is 16.0. The molecule has 6 N–H and O–H groups in total. The van der Waals surface area contributed by atoms with E-state index in [4.69, 9.17) is 17.2 Å². The number of aromatic nitrogens is 1. The Kier molecular flexibility index (Phi) is 12.0. The van der Waals surface area contributed by atoms with E-state index in [1.165, 1.54) is 11.1 Å². The summed E-state index contributed by atoms with van der Waals surface area (Å²) >= 11 is 0. The summed E-state index contributed by atoms with van der Waals surface area (Å²) in [5.74, 6) is 0. The summed E-state index contributed by atoms with van der Waals surface area (Å²) in [6.07, 6.45) is 21.6. The zero-order valence-corrected chi connectivity index (χ0v) is 28.3. The maximum Gasteiger partial charge on any atom is 0.0572 e. The molecule has 0 saturated carbocycles. The minimum Gasteiger partial charge on any atom is -0.405 e. The monoisotopic (exact) mass is 630 g/mol. The van der Waals surface area contributed by atoms with Crippen molar-refractivity contribution in [3.8, 4) is 16.9 Å². The van der Waals surface area contributed by atoms with Gasteiger partial charge in [0.1, 0.15) is 0 Å². The molecule has 4 nitrogen and oxygen atoms in total. The van der Waals surface area contributed by atoms with Crippen LogP contribution in [0.1, 0.15) is 52.4 Å². The van der Waals surface area contributed by atoms with Crippen molar-refractivity contribution in [2.24, 2.45) is 17.2 Å². The van der Waals surface area contributed by atoms with Gasteiger partial charge in [0.2, 0.25) is 0 Å². The Morgan fingerprint density at radius 1 is 0.812 bits per heavy atom. The van der Waals surface area contributed by atoms with E-state index in [9.17, 15) is 0 Å². The molecule has 0 amide bonds. The molecule has 0 unspecified atom stereocenters. The van der Waals surface area contributed by atoms with E-state index in [0.29, 0.717) is 5.70 Å². The van der Waals surface area contributed by atoms with E-state index in [1.807, 2.05) is 49.4 Å². The van der Waals surface area contributed by atoms with Gasteiger partial charge in [-0.15, -0.1) is 0 Å². The summed E-state index contributed by atoms with van der Waals surface area (Å²) in [6, 6.07) is 25.0. The van der Waals surface area contributed by atoms with Crippen molar-refractivity contribution < 1.29 is 0 Å². The first kappa shape index (κ1) is 34.9. The molecule has 0 atom stereocenters. The summed E-state index contributed by atoms with van der Waals surface area (Å²) < 4.78 is 2.33. The number of hydrogen-bond donors (Lipinski definition) is 3.